The van der Waals surface area contributed by atoms with E-state index in [1.54, 1.807) is 0 Å². The maximum absolute atomic E-state index is 13.5. The fraction of sp³-hybridized carbons (Fsp3) is 0.250. The van der Waals surface area contributed by atoms with Crippen LogP contribution in [-0.2, 0) is 30.3 Å². The fourth-order valence-electron chi connectivity index (χ4n) is 5.97. The van der Waals surface area contributed by atoms with E-state index in [0.29, 0.717) is 40.2 Å². The van der Waals surface area contributed by atoms with E-state index in [0.717, 1.165) is 16.7 Å². The molecule has 0 spiro atoms. The third-order valence-corrected chi connectivity index (χ3v) is 8.05. The number of methoxy groups -OCH3 is 2. The lowest BCUT2D eigenvalue weighted by Crippen LogP contribution is -2.45. The first-order valence-corrected chi connectivity index (χ1v) is 14.2. The minimum Gasteiger partial charge on any atom is -0.468 e. The van der Waals surface area contributed by atoms with Gasteiger partial charge in [0.2, 0.25) is 0 Å². The Morgan fingerprint density at radius 3 is 1.93 bits per heavy atom. The van der Waals surface area contributed by atoms with Gasteiger partial charge in [-0.05, 0) is 35.6 Å². The van der Waals surface area contributed by atoms with E-state index in [1.807, 2.05) is 91.0 Å². The van der Waals surface area contributed by atoms with E-state index < -0.39 is 23.5 Å². The number of rotatable bonds is 9. The Morgan fingerprint density at radius 1 is 0.814 bits per heavy atom. The van der Waals surface area contributed by atoms with E-state index >= 15 is 0 Å². The summed E-state index contributed by atoms with van der Waals surface area (Å²) in [5.41, 5.74) is 3.04. The number of allylic oxidation sites excluding steroid dienone is 2. The van der Waals surface area contributed by atoms with Gasteiger partial charge >= 0.3 is 11.9 Å². The fourth-order valence-corrected chi connectivity index (χ4v) is 5.97. The number of ether oxygens (including phenoxy) is 2. The SMILES string of the molecule is COC(=O)C1(C(=O)OC)C/C(=C(/CCC(C)=O)c2ccccc2)c2c(oc(-c3ccccc3)c2[C@@H](O)c2ccccc2)C1. The standard InChI is InChI=1S/C36H34O7/c1-23(37)19-20-27(24-13-7-4-8-14-24)28-21-36(34(39)41-2,35(40)42-3)22-29-30(28)31(32(38)25-15-9-5-10-16-25)33(43-29)26-17-11-6-12-18-26/h4-18,32,38H,19-22H2,1-3H3/b28-27+/t32-/m0/s1. The van der Waals surface area contributed by atoms with Gasteiger partial charge in [-0.2, -0.15) is 0 Å². The van der Waals surface area contributed by atoms with Crippen molar-refractivity contribution in [2.24, 2.45) is 5.41 Å². The first-order valence-electron chi connectivity index (χ1n) is 14.2. The van der Waals surface area contributed by atoms with Gasteiger partial charge in [0.1, 0.15) is 23.4 Å². The number of aliphatic hydroxyl groups is 1. The predicted octanol–water partition coefficient (Wildman–Crippen LogP) is 6.59. The van der Waals surface area contributed by atoms with Crippen molar-refractivity contribution in [3.63, 3.8) is 0 Å². The molecule has 7 heteroatoms. The van der Waals surface area contributed by atoms with Crippen molar-refractivity contribution in [3.8, 4) is 11.3 Å². The van der Waals surface area contributed by atoms with E-state index in [1.165, 1.54) is 21.1 Å². The lowest BCUT2D eigenvalue weighted by molar-refractivity contribution is -0.169. The summed E-state index contributed by atoms with van der Waals surface area (Å²) in [5.74, 6) is -0.700. The molecule has 220 valence electrons. The van der Waals surface area contributed by atoms with Crippen LogP contribution in [0.2, 0.25) is 0 Å². The van der Waals surface area contributed by atoms with Crippen LogP contribution in [0.3, 0.4) is 0 Å². The highest BCUT2D eigenvalue weighted by Crippen LogP contribution is 2.53. The van der Waals surface area contributed by atoms with Gasteiger partial charge in [-0.25, -0.2) is 0 Å². The summed E-state index contributed by atoms with van der Waals surface area (Å²) in [6.07, 6.45) is -0.691. The first kappa shape index (κ1) is 29.7. The molecule has 1 N–H and O–H groups in total. The highest BCUT2D eigenvalue weighted by Gasteiger charge is 2.54. The molecule has 1 aliphatic carbocycles. The van der Waals surface area contributed by atoms with Crippen LogP contribution in [0.1, 0.15) is 60.3 Å². The van der Waals surface area contributed by atoms with Gasteiger partial charge in [0.15, 0.2) is 5.41 Å². The zero-order valence-electron chi connectivity index (χ0n) is 24.5. The highest BCUT2D eigenvalue weighted by molar-refractivity contribution is 6.06. The number of carbonyl (C=O) groups excluding carboxylic acids is 3. The molecule has 5 rings (SSSR count). The average molecular weight is 579 g/mol. The molecule has 3 aromatic carbocycles. The van der Waals surface area contributed by atoms with Gasteiger partial charge in [0, 0.05) is 36.0 Å². The molecule has 0 radical (unpaired) electrons. The van der Waals surface area contributed by atoms with Crippen molar-refractivity contribution in [1.82, 2.24) is 0 Å². The van der Waals surface area contributed by atoms with E-state index in [2.05, 4.69) is 0 Å². The summed E-state index contributed by atoms with van der Waals surface area (Å²) in [7, 11) is 2.48. The predicted molar refractivity (Wildman–Crippen MR) is 163 cm³/mol. The number of carbonyl (C=O) groups is 3. The van der Waals surface area contributed by atoms with Crippen LogP contribution < -0.4 is 0 Å². The minimum absolute atomic E-state index is 0.000949. The van der Waals surface area contributed by atoms with Gasteiger partial charge < -0.3 is 23.8 Å². The van der Waals surface area contributed by atoms with Crippen molar-refractivity contribution in [2.75, 3.05) is 14.2 Å². The number of hydrogen-bond donors (Lipinski definition) is 1. The van der Waals surface area contributed by atoms with Crippen LogP contribution in [0.15, 0.2) is 95.4 Å². The summed E-state index contributed by atoms with van der Waals surface area (Å²) >= 11 is 0. The molecular formula is C36H34O7. The molecule has 7 nitrogen and oxygen atoms in total. The number of Topliss-reactive ketones (excluding diaryl/α,β-unsaturated/α-hetero) is 1. The van der Waals surface area contributed by atoms with Crippen LogP contribution in [0.5, 0.6) is 0 Å². The Kier molecular flexibility index (Phi) is 8.73. The summed E-state index contributed by atoms with van der Waals surface area (Å²) in [4.78, 5) is 39.3. The van der Waals surface area contributed by atoms with Gasteiger partial charge in [-0.15, -0.1) is 0 Å². The Labute approximate surface area is 250 Å². The molecule has 0 bridgehead atoms. The van der Waals surface area contributed by atoms with Gasteiger partial charge in [-0.3, -0.25) is 9.59 Å². The normalized spacial score (nSPS) is 15.6. The Balaban J connectivity index is 1.90. The molecule has 43 heavy (non-hydrogen) atoms. The maximum Gasteiger partial charge on any atom is 0.324 e. The number of hydrogen-bond acceptors (Lipinski definition) is 7. The summed E-state index contributed by atoms with van der Waals surface area (Å²) in [6, 6.07) is 28.2. The molecule has 1 atom stereocenters. The minimum atomic E-state index is -1.73. The number of benzene rings is 3. The molecular weight excluding hydrogens is 544 g/mol. The topological polar surface area (TPSA) is 103 Å². The molecule has 0 saturated carbocycles. The van der Waals surface area contributed by atoms with Crippen LogP contribution in [-0.4, -0.2) is 37.0 Å². The molecule has 0 saturated heterocycles. The lowest BCUT2D eigenvalue weighted by atomic mass is 9.68. The number of ketones is 1. The summed E-state index contributed by atoms with van der Waals surface area (Å²) in [6.45, 7) is 1.53. The first-order chi connectivity index (χ1) is 20.8. The molecule has 1 aromatic heterocycles. The van der Waals surface area contributed by atoms with Crippen LogP contribution in [0, 0.1) is 5.41 Å². The third kappa shape index (κ3) is 5.68. The third-order valence-electron chi connectivity index (χ3n) is 8.05. The van der Waals surface area contributed by atoms with Crippen LogP contribution >= 0.6 is 0 Å². The largest absolute Gasteiger partial charge is 0.468 e. The Morgan fingerprint density at radius 2 is 1.37 bits per heavy atom. The lowest BCUT2D eigenvalue weighted by Gasteiger charge is -2.34. The number of furan rings is 1. The van der Waals surface area contributed by atoms with E-state index in [9.17, 15) is 19.5 Å². The second-order valence-corrected chi connectivity index (χ2v) is 10.8. The molecule has 0 fully saturated rings. The van der Waals surface area contributed by atoms with Crippen molar-refractivity contribution in [1.29, 1.82) is 0 Å². The molecule has 1 aliphatic rings. The second-order valence-electron chi connectivity index (χ2n) is 10.8. The monoisotopic (exact) mass is 578 g/mol. The number of esters is 2. The molecule has 0 amide bonds. The zero-order chi connectivity index (χ0) is 30.6. The number of fused-ring (bicyclic) bond motifs is 1. The summed E-state index contributed by atoms with van der Waals surface area (Å²) < 4.78 is 17.0. The smallest absolute Gasteiger partial charge is 0.324 e. The Bertz CT molecular complexity index is 1630. The molecule has 1 heterocycles. The summed E-state index contributed by atoms with van der Waals surface area (Å²) in [5, 5.41) is 12.0. The van der Waals surface area contributed by atoms with E-state index in [4.69, 9.17) is 13.9 Å². The molecule has 0 aliphatic heterocycles. The van der Waals surface area contributed by atoms with E-state index in [-0.39, 0.29) is 25.0 Å². The maximum atomic E-state index is 13.5. The molecule has 0 unspecified atom stereocenters. The average Bonchev–Trinajstić information content (AvgIpc) is 3.44. The second kappa shape index (κ2) is 12.6. The zero-order valence-corrected chi connectivity index (χ0v) is 24.5. The quantitative estimate of drug-likeness (QED) is 0.177. The van der Waals surface area contributed by atoms with Gasteiger partial charge in [-0.1, -0.05) is 91.0 Å². The van der Waals surface area contributed by atoms with Crippen LogP contribution in [0.25, 0.3) is 22.5 Å². The van der Waals surface area contributed by atoms with Crippen LogP contribution in [0.4, 0.5) is 0 Å². The van der Waals surface area contributed by atoms with Crippen molar-refractivity contribution in [3.05, 3.63) is 119 Å². The van der Waals surface area contributed by atoms with Gasteiger partial charge in [0.25, 0.3) is 0 Å². The van der Waals surface area contributed by atoms with Gasteiger partial charge in [0.05, 0.1) is 14.2 Å². The number of aliphatic hydroxyl groups excluding tert-OH is 1. The Hall–Kier alpha value is -4.75. The van der Waals surface area contributed by atoms with Crippen molar-refractivity contribution < 1.29 is 33.4 Å². The molecule has 4 aromatic rings. The highest BCUT2D eigenvalue weighted by atomic mass is 16.5. The van der Waals surface area contributed by atoms with Crippen molar-refractivity contribution >= 4 is 28.9 Å². The van der Waals surface area contributed by atoms with Crippen molar-refractivity contribution in [2.45, 2.75) is 38.7 Å².